The van der Waals surface area contributed by atoms with Crippen molar-refractivity contribution in [2.24, 2.45) is 0 Å². The lowest BCUT2D eigenvalue weighted by Crippen LogP contribution is -2.12. The molecular formula is C21H22O8. The fourth-order valence-corrected chi connectivity index (χ4v) is 2.39. The Balaban J connectivity index is 1.91. The van der Waals surface area contributed by atoms with Crippen molar-refractivity contribution in [1.29, 1.82) is 0 Å². The Morgan fingerprint density at radius 3 is 1.83 bits per heavy atom. The molecule has 0 aliphatic carbocycles. The Bertz CT molecular complexity index is 823. The van der Waals surface area contributed by atoms with Crippen LogP contribution in [0.3, 0.4) is 0 Å². The highest BCUT2D eigenvalue weighted by molar-refractivity contribution is 5.96. The van der Waals surface area contributed by atoms with Gasteiger partial charge in [-0.2, -0.15) is 0 Å². The van der Waals surface area contributed by atoms with Crippen molar-refractivity contribution in [2.75, 3.05) is 27.9 Å². The molecule has 0 aliphatic heterocycles. The summed E-state index contributed by atoms with van der Waals surface area (Å²) in [5, 5.41) is 0. The molecule has 0 saturated heterocycles. The van der Waals surface area contributed by atoms with Crippen LogP contribution in [0.2, 0.25) is 0 Å². The van der Waals surface area contributed by atoms with Gasteiger partial charge in [-0.05, 0) is 48.9 Å². The Hall–Kier alpha value is -3.55. The highest BCUT2D eigenvalue weighted by Crippen LogP contribution is 2.20. The van der Waals surface area contributed by atoms with E-state index in [-0.39, 0.29) is 23.3 Å². The Kier molecular flexibility index (Phi) is 8.02. The molecular weight excluding hydrogens is 380 g/mol. The van der Waals surface area contributed by atoms with E-state index in [0.29, 0.717) is 18.8 Å². The summed E-state index contributed by atoms with van der Waals surface area (Å²) in [5.41, 5.74) is 0.141. The molecule has 2 aromatic rings. The van der Waals surface area contributed by atoms with E-state index in [4.69, 9.17) is 14.2 Å². The number of rotatable bonds is 9. The second kappa shape index (κ2) is 10.7. The predicted octanol–water partition coefficient (Wildman–Crippen LogP) is 3.03. The fraction of sp³-hybridized carbons (Fsp3) is 0.286. The van der Waals surface area contributed by atoms with E-state index in [9.17, 15) is 14.4 Å². The van der Waals surface area contributed by atoms with E-state index >= 15 is 0 Å². The maximum Gasteiger partial charge on any atom is 0.338 e. The average Bonchev–Trinajstić information content (AvgIpc) is 2.75. The highest BCUT2D eigenvalue weighted by Gasteiger charge is 2.16. The number of carbonyl (C=O) groups excluding carboxylic acids is 3. The van der Waals surface area contributed by atoms with Crippen LogP contribution in [0.1, 0.15) is 33.6 Å². The minimum atomic E-state index is -0.666. The van der Waals surface area contributed by atoms with Crippen molar-refractivity contribution in [3.63, 3.8) is 0 Å². The molecule has 0 bridgehead atoms. The van der Waals surface area contributed by atoms with E-state index in [1.54, 1.807) is 31.4 Å². The molecule has 154 valence electrons. The first-order valence-corrected chi connectivity index (χ1v) is 8.76. The zero-order valence-electron chi connectivity index (χ0n) is 16.4. The van der Waals surface area contributed by atoms with Gasteiger partial charge in [-0.25, -0.2) is 9.59 Å². The number of hydrogen-bond acceptors (Lipinski definition) is 8. The lowest BCUT2D eigenvalue weighted by molar-refractivity contribution is -0.134. The van der Waals surface area contributed by atoms with Crippen molar-refractivity contribution >= 4 is 17.9 Å². The molecule has 0 radical (unpaired) electrons. The van der Waals surface area contributed by atoms with Crippen molar-refractivity contribution in [1.82, 2.24) is 0 Å². The van der Waals surface area contributed by atoms with Gasteiger partial charge in [0, 0.05) is 6.42 Å². The zero-order chi connectivity index (χ0) is 21.2. The molecule has 0 saturated carbocycles. The molecule has 0 unspecified atom stereocenters. The van der Waals surface area contributed by atoms with Crippen LogP contribution in [0, 0.1) is 0 Å². The maximum absolute atomic E-state index is 12.1. The lowest BCUT2D eigenvalue weighted by Gasteiger charge is -2.09. The van der Waals surface area contributed by atoms with Gasteiger partial charge in [0.25, 0.3) is 0 Å². The van der Waals surface area contributed by atoms with E-state index in [1.807, 2.05) is 0 Å². The van der Waals surface area contributed by atoms with E-state index < -0.39 is 17.9 Å². The van der Waals surface area contributed by atoms with Crippen LogP contribution in [0.4, 0.5) is 0 Å². The normalized spacial score (nSPS) is 10.0. The van der Waals surface area contributed by atoms with Gasteiger partial charge >= 0.3 is 17.9 Å². The van der Waals surface area contributed by atoms with Crippen LogP contribution in [0.15, 0.2) is 42.5 Å². The minimum Gasteiger partial charge on any atom is -0.497 e. The van der Waals surface area contributed by atoms with Gasteiger partial charge < -0.3 is 23.7 Å². The maximum atomic E-state index is 12.1. The van der Waals surface area contributed by atoms with Crippen molar-refractivity contribution in [2.45, 2.75) is 12.8 Å². The smallest absolute Gasteiger partial charge is 0.338 e. The number of carbonyl (C=O) groups is 3. The quantitative estimate of drug-likeness (QED) is 0.359. The zero-order valence-corrected chi connectivity index (χ0v) is 16.4. The summed E-state index contributed by atoms with van der Waals surface area (Å²) in [6.45, 7) is 0.317. The number of hydrogen-bond donors (Lipinski definition) is 0. The lowest BCUT2D eigenvalue weighted by atomic mass is 10.1. The molecule has 0 aliphatic rings. The molecule has 0 atom stereocenters. The summed E-state index contributed by atoms with van der Waals surface area (Å²) in [5.74, 6) is -0.425. The predicted molar refractivity (Wildman–Crippen MR) is 102 cm³/mol. The summed E-state index contributed by atoms with van der Waals surface area (Å²) in [6, 6.07) is 11.0. The summed E-state index contributed by atoms with van der Waals surface area (Å²) in [6.07, 6.45) is 0.511. The number of ether oxygens (including phenoxy) is 5. The van der Waals surface area contributed by atoms with E-state index in [1.165, 1.54) is 32.4 Å². The number of esters is 3. The highest BCUT2D eigenvalue weighted by atomic mass is 16.5. The third-order valence-electron chi connectivity index (χ3n) is 3.83. The van der Waals surface area contributed by atoms with Crippen LogP contribution in [-0.2, 0) is 14.3 Å². The first-order valence-electron chi connectivity index (χ1n) is 8.76. The molecule has 0 spiro atoms. The Morgan fingerprint density at radius 2 is 1.31 bits per heavy atom. The second-order valence-corrected chi connectivity index (χ2v) is 5.83. The van der Waals surface area contributed by atoms with Crippen molar-refractivity contribution < 1.29 is 38.1 Å². The van der Waals surface area contributed by atoms with Gasteiger partial charge in [-0.1, -0.05) is 0 Å². The minimum absolute atomic E-state index is 0.0503. The molecule has 29 heavy (non-hydrogen) atoms. The van der Waals surface area contributed by atoms with Crippen LogP contribution >= 0.6 is 0 Å². The van der Waals surface area contributed by atoms with Gasteiger partial charge in [-0.3, -0.25) is 4.79 Å². The van der Waals surface area contributed by atoms with Crippen molar-refractivity contribution in [3.05, 3.63) is 53.6 Å². The van der Waals surface area contributed by atoms with Crippen molar-refractivity contribution in [3.8, 4) is 17.2 Å². The molecule has 0 heterocycles. The monoisotopic (exact) mass is 402 g/mol. The Labute approximate surface area is 168 Å². The molecule has 2 rings (SSSR count). The fourth-order valence-electron chi connectivity index (χ4n) is 2.39. The number of benzene rings is 2. The van der Waals surface area contributed by atoms with E-state index in [0.717, 1.165) is 5.75 Å². The number of methoxy groups -OCH3 is 3. The Morgan fingerprint density at radius 1 is 0.759 bits per heavy atom. The van der Waals surface area contributed by atoms with Gasteiger partial charge in [0.1, 0.15) is 17.2 Å². The molecule has 8 heteroatoms. The molecule has 0 amide bonds. The molecule has 2 aromatic carbocycles. The van der Waals surface area contributed by atoms with Gasteiger partial charge in [0.2, 0.25) is 0 Å². The second-order valence-electron chi connectivity index (χ2n) is 5.83. The van der Waals surface area contributed by atoms with Crippen LogP contribution in [0.5, 0.6) is 17.2 Å². The summed E-state index contributed by atoms with van der Waals surface area (Å²) < 4.78 is 25.1. The largest absolute Gasteiger partial charge is 0.497 e. The molecule has 8 nitrogen and oxygen atoms in total. The van der Waals surface area contributed by atoms with Crippen LogP contribution in [-0.4, -0.2) is 45.8 Å². The van der Waals surface area contributed by atoms with Gasteiger partial charge in [0.05, 0.1) is 39.1 Å². The van der Waals surface area contributed by atoms with E-state index in [2.05, 4.69) is 9.47 Å². The molecule has 0 aromatic heterocycles. The topological polar surface area (TPSA) is 97.4 Å². The van der Waals surface area contributed by atoms with Gasteiger partial charge in [0.15, 0.2) is 0 Å². The first-order chi connectivity index (χ1) is 14.0. The summed E-state index contributed by atoms with van der Waals surface area (Å²) in [7, 11) is 4.00. The van der Waals surface area contributed by atoms with Crippen LogP contribution in [0.25, 0.3) is 0 Å². The molecule has 0 N–H and O–H groups in total. The summed E-state index contributed by atoms with van der Waals surface area (Å²) >= 11 is 0. The third-order valence-corrected chi connectivity index (χ3v) is 3.83. The standard InChI is InChI=1S/C21H22O8/c1-25-16-6-8-17(9-7-16)28-10-4-5-19(22)29-18-12-14(20(23)26-2)11-15(13-18)21(24)27-3/h6-9,11-13H,4-5,10H2,1-3H3. The molecule has 0 fully saturated rings. The summed E-state index contributed by atoms with van der Waals surface area (Å²) in [4.78, 5) is 35.6. The SMILES string of the molecule is COC(=O)c1cc(OC(=O)CCCOc2ccc(OC)cc2)cc(C(=O)OC)c1. The van der Waals surface area contributed by atoms with Crippen LogP contribution < -0.4 is 14.2 Å². The third kappa shape index (κ3) is 6.53. The average molecular weight is 402 g/mol. The first kappa shape index (κ1) is 21.7. The van der Waals surface area contributed by atoms with Gasteiger partial charge in [-0.15, -0.1) is 0 Å².